The Morgan fingerprint density at radius 3 is 2.89 bits per heavy atom. The summed E-state index contributed by atoms with van der Waals surface area (Å²) >= 11 is 3.33. The van der Waals surface area contributed by atoms with Crippen LogP contribution in [0.3, 0.4) is 0 Å². The van der Waals surface area contributed by atoms with Gasteiger partial charge in [0.2, 0.25) is 5.91 Å². The topological polar surface area (TPSA) is 59.5 Å². The highest BCUT2D eigenvalue weighted by Crippen LogP contribution is 2.34. The zero-order valence-corrected chi connectivity index (χ0v) is 17.2. The second kappa shape index (κ2) is 7.87. The number of benzene rings is 1. The predicted molar refractivity (Wildman–Crippen MR) is 109 cm³/mol. The second-order valence-electron chi connectivity index (χ2n) is 7.12. The third-order valence-corrected chi connectivity index (χ3v) is 5.78. The number of pyridine rings is 1. The Morgan fingerprint density at radius 2 is 2.07 bits per heavy atom. The number of carbonyl (C=O) groups excluding carboxylic acids is 2. The molecular formula is C22H21BrN2O3. The summed E-state index contributed by atoms with van der Waals surface area (Å²) in [5, 5.41) is 0. The summed E-state index contributed by atoms with van der Waals surface area (Å²) < 4.78 is 6.13. The van der Waals surface area contributed by atoms with Crippen molar-refractivity contribution in [3.05, 3.63) is 70.0 Å². The lowest BCUT2D eigenvalue weighted by molar-refractivity contribution is -0.129. The van der Waals surface area contributed by atoms with Gasteiger partial charge in [-0.25, -0.2) is 14.7 Å². The molecule has 4 rings (SSSR count). The van der Waals surface area contributed by atoms with Gasteiger partial charge in [0.25, 0.3) is 0 Å². The molecule has 1 aromatic carbocycles. The fraction of sp³-hybridized carbons (Fsp3) is 0.318. The van der Waals surface area contributed by atoms with Crippen molar-refractivity contribution in [1.29, 1.82) is 0 Å². The van der Waals surface area contributed by atoms with Crippen molar-refractivity contribution in [3.8, 4) is 0 Å². The Hall–Kier alpha value is -2.47. The average molecular weight is 441 g/mol. The van der Waals surface area contributed by atoms with E-state index in [-0.39, 0.29) is 12.3 Å². The Labute approximate surface area is 172 Å². The van der Waals surface area contributed by atoms with Crippen LogP contribution in [0.4, 0.5) is 4.79 Å². The molecule has 0 unspecified atom stereocenters. The molecule has 6 heteroatoms. The third-order valence-electron chi connectivity index (χ3n) is 5.34. The normalized spacial score (nSPS) is 21.1. The maximum absolute atomic E-state index is 12.8. The summed E-state index contributed by atoms with van der Waals surface area (Å²) in [6.07, 6.45) is 3.97. The van der Waals surface area contributed by atoms with Gasteiger partial charge < -0.3 is 4.74 Å². The van der Waals surface area contributed by atoms with Crippen LogP contribution in [0.15, 0.2) is 53.1 Å². The number of hydrogen-bond donors (Lipinski definition) is 0. The number of imide groups is 1. The van der Waals surface area contributed by atoms with Crippen molar-refractivity contribution < 1.29 is 14.3 Å². The van der Waals surface area contributed by atoms with Gasteiger partial charge in [-0.1, -0.05) is 36.4 Å². The van der Waals surface area contributed by atoms with Gasteiger partial charge in [-0.15, -0.1) is 0 Å². The first-order valence-electron chi connectivity index (χ1n) is 9.47. The molecule has 2 amide bonds. The lowest BCUT2D eigenvalue weighted by Crippen LogP contribution is -2.37. The summed E-state index contributed by atoms with van der Waals surface area (Å²) in [6.45, 7) is 1.82. The SMILES string of the molecule is C[C@H]1[C@@H](c2cccc(Br)n2)OC(=O)N1C(=O)CCC1=CCCc2ccccc21. The standard InChI is InChI=1S/C22H21BrN2O3/c1-14-21(18-10-5-11-19(23)24-18)28-22(27)25(14)20(26)13-12-16-8-4-7-15-6-2-3-9-17(15)16/h2-3,5-6,8-11,14,21H,4,7,12-13H2,1H3/t14-,21-/m0/s1. The van der Waals surface area contributed by atoms with Crippen molar-refractivity contribution in [1.82, 2.24) is 9.88 Å². The zero-order chi connectivity index (χ0) is 19.7. The van der Waals surface area contributed by atoms with Gasteiger partial charge >= 0.3 is 6.09 Å². The zero-order valence-electron chi connectivity index (χ0n) is 15.6. The number of ether oxygens (including phenoxy) is 1. The van der Waals surface area contributed by atoms with E-state index in [0.717, 1.165) is 12.8 Å². The number of carbonyl (C=O) groups is 2. The Morgan fingerprint density at radius 1 is 1.25 bits per heavy atom. The molecule has 5 nitrogen and oxygen atoms in total. The summed E-state index contributed by atoms with van der Waals surface area (Å²) in [5.41, 5.74) is 4.35. The fourth-order valence-corrected chi connectivity index (χ4v) is 4.30. The van der Waals surface area contributed by atoms with Gasteiger partial charge in [0.05, 0.1) is 11.7 Å². The number of nitrogens with zero attached hydrogens (tertiary/aromatic N) is 2. The minimum absolute atomic E-state index is 0.209. The van der Waals surface area contributed by atoms with E-state index in [1.54, 1.807) is 6.07 Å². The molecular weight excluding hydrogens is 420 g/mol. The molecule has 0 N–H and O–H groups in total. The minimum Gasteiger partial charge on any atom is -0.437 e. The molecule has 0 spiro atoms. The van der Waals surface area contributed by atoms with Crippen LogP contribution in [0, 0.1) is 0 Å². The summed E-state index contributed by atoms with van der Waals surface area (Å²) in [4.78, 5) is 30.8. The van der Waals surface area contributed by atoms with Gasteiger partial charge in [-0.2, -0.15) is 0 Å². The number of halogens is 1. The largest absolute Gasteiger partial charge is 0.437 e. The first-order valence-corrected chi connectivity index (χ1v) is 10.3. The number of hydrogen-bond acceptors (Lipinski definition) is 4. The molecule has 144 valence electrons. The fourth-order valence-electron chi connectivity index (χ4n) is 3.95. The molecule has 0 bridgehead atoms. The van der Waals surface area contributed by atoms with Crippen molar-refractivity contribution >= 4 is 33.5 Å². The van der Waals surface area contributed by atoms with Gasteiger partial charge in [-0.05, 0) is 70.9 Å². The van der Waals surface area contributed by atoms with Crippen LogP contribution < -0.4 is 0 Å². The number of amides is 2. The highest BCUT2D eigenvalue weighted by atomic mass is 79.9. The quantitative estimate of drug-likeness (QED) is 0.623. The van der Waals surface area contributed by atoms with Crippen LogP contribution >= 0.6 is 15.9 Å². The number of rotatable bonds is 4. The average Bonchev–Trinajstić information content (AvgIpc) is 3.00. The molecule has 2 aromatic rings. The first kappa shape index (κ1) is 18.9. The van der Waals surface area contributed by atoms with Gasteiger partial charge in [-0.3, -0.25) is 4.79 Å². The van der Waals surface area contributed by atoms with E-state index in [2.05, 4.69) is 39.1 Å². The number of allylic oxidation sites excluding steroid dienone is 2. The number of aryl methyl sites for hydroxylation is 1. The third kappa shape index (κ3) is 3.61. The molecule has 1 saturated heterocycles. The molecule has 1 aliphatic heterocycles. The van der Waals surface area contributed by atoms with Crippen LogP contribution in [0.25, 0.3) is 5.57 Å². The molecule has 0 saturated carbocycles. The number of aromatic nitrogens is 1. The van der Waals surface area contributed by atoms with E-state index < -0.39 is 18.2 Å². The Balaban J connectivity index is 1.45. The van der Waals surface area contributed by atoms with E-state index in [4.69, 9.17) is 4.74 Å². The van der Waals surface area contributed by atoms with Crippen LogP contribution in [0.2, 0.25) is 0 Å². The Bertz CT molecular complexity index is 956. The molecule has 2 aliphatic rings. The molecule has 1 aliphatic carbocycles. The van der Waals surface area contributed by atoms with E-state index in [0.29, 0.717) is 16.7 Å². The van der Waals surface area contributed by atoms with E-state index in [1.165, 1.54) is 21.6 Å². The maximum Gasteiger partial charge on any atom is 0.417 e. The smallest absolute Gasteiger partial charge is 0.417 e. The monoisotopic (exact) mass is 440 g/mol. The lowest BCUT2D eigenvalue weighted by atomic mass is 9.88. The van der Waals surface area contributed by atoms with Gasteiger partial charge in [0.1, 0.15) is 4.60 Å². The van der Waals surface area contributed by atoms with Crippen LogP contribution in [-0.4, -0.2) is 27.9 Å². The predicted octanol–water partition coefficient (Wildman–Crippen LogP) is 5.06. The summed E-state index contributed by atoms with van der Waals surface area (Å²) in [6, 6.07) is 13.4. The van der Waals surface area contributed by atoms with Gasteiger partial charge in [0, 0.05) is 6.42 Å². The summed E-state index contributed by atoms with van der Waals surface area (Å²) in [7, 11) is 0. The van der Waals surface area contributed by atoms with Crippen molar-refractivity contribution in [3.63, 3.8) is 0 Å². The molecule has 28 heavy (non-hydrogen) atoms. The maximum atomic E-state index is 12.8. The highest BCUT2D eigenvalue weighted by molar-refractivity contribution is 9.10. The molecule has 0 radical (unpaired) electrons. The highest BCUT2D eigenvalue weighted by Gasteiger charge is 2.43. The number of fused-ring (bicyclic) bond motifs is 1. The van der Waals surface area contributed by atoms with E-state index in [1.807, 2.05) is 31.2 Å². The number of cyclic esters (lactones) is 1. The van der Waals surface area contributed by atoms with Crippen molar-refractivity contribution in [2.45, 2.75) is 44.8 Å². The van der Waals surface area contributed by atoms with Crippen LogP contribution in [-0.2, 0) is 16.0 Å². The molecule has 1 aromatic heterocycles. The molecule has 1 fully saturated rings. The molecule has 2 heterocycles. The van der Waals surface area contributed by atoms with E-state index in [9.17, 15) is 9.59 Å². The van der Waals surface area contributed by atoms with Gasteiger partial charge in [0.15, 0.2) is 6.10 Å². The minimum atomic E-state index is -0.595. The molecule has 2 atom stereocenters. The lowest BCUT2D eigenvalue weighted by Gasteiger charge is -2.21. The van der Waals surface area contributed by atoms with Crippen molar-refractivity contribution in [2.24, 2.45) is 0 Å². The van der Waals surface area contributed by atoms with Crippen LogP contribution in [0.1, 0.15) is 49.1 Å². The second-order valence-corrected chi connectivity index (χ2v) is 7.93. The van der Waals surface area contributed by atoms with E-state index >= 15 is 0 Å². The van der Waals surface area contributed by atoms with Crippen molar-refractivity contribution in [2.75, 3.05) is 0 Å². The first-order chi connectivity index (χ1) is 13.5. The summed E-state index contributed by atoms with van der Waals surface area (Å²) in [5.74, 6) is -0.209. The Kier molecular flexibility index (Phi) is 5.31. The van der Waals surface area contributed by atoms with Crippen LogP contribution in [0.5, 0.6) is 0 Å².